The number of halogens is 1. The van der Waals surface area contributed by atoms with Crippen LogP contribution in [0.1, 0.15) is 28.8 Å². The third-order valence-electron chi connectivity index (χ3n) is 5.30. The number of carbonyl (C=O) groups excluding carboxylic acids is 1. The van der Waals surface area contributed by atoms with Gasteiger partial charge in [-0.25, -0.2) is 17.5 Å². The molecular formula is C22H25FN2O4S. The summed E-state index contributed by atoms with van der Waals surface area (Å²) in [5, 5.41) is 2.90. The zero-order valence-electron chi connectivity index (χ0n) is 16.6. The second kappa shape index (κ2) is 9.51. The molecule has 1 aliphatic rings. The number of hydrogen-bond acceptors (Lipinski definition) is 4. The molecule has 2 N–H and O–H groups in total. The van der Waals surface area contributed by atoms with Crippen molar-refractivity contribution < 1.29 is 22.3 Å². The Bertz CT molecular complexity index is 1020. The molecule has 1 saturated heterocycles. The van der Waals surface area contributed by atoms with Gasteiger partial charge in [0.25, 0.3) is 5.91 Å². The first kappa shape index (κ1) is 22.1. The predicted octanol–water partition coefficient (Wildman–Crippen LogP) is 2.77. The van der Waals surface area contributed by atoms with Crippen LogP contribution in [0.3, 0.4) is 0 Å². The number of hydrogen-bond donors (Lipinski definition) is 2. The number of amides is 1. The summed E-state index contributed by atoms with van der Waals surface area (Å²) in [7, 11) is -3.73. The van der Waals surface area contributed by atoms with E-state index in [0.717, 1.165) is 5.56 Å². The van der Waals surface area contributed by atoms with Crippen LogP contribution in [0.2, 0.25) is 0 Å². The summed E-state index contributed by atoms with van der Waals surface area (Å²) >= 11 is 0. The third kappa shape index (κ3) is 5.13. The Balaban J connectivity index is 1.78. The van der Waals surface area contributed by atoms with Crippen molar-refractivity contribution in [3.8, 4) is 0 Å². The second-order valence-corrected chi connectivity index (χ2v) is 9.02. The van der Waals surface area contributed by atoms with Crippen molar-refractivity contribution in [1.82, 2.24) is 10.0 Å². The van der Waals surface area contributed by atoms with Crippen LogP contribution in [0.25, 0.3) is 0 Å². The third-order valence-corrected chi connectivity index (χ3v) is 6.72. The molecule has 0 saturated carbocycles. The average Bonchev–Trinajstić information content (AvgIpc) is 2.77. The Kier molecular flexibility index (Phi) is 7.02. The van der Waals surface area contributed by atoms with E-state index in [1.165, 1.54) is 36.4 Å². The largest absolute Gasteiger partial charge is 0.381 e. The van der Waals surface area contributed by atoms with Crippen molar-refractivity contribution in [3.63, 3.8) is 0 Å². The first-order valence-corrected chi connectivity index (χ1v) is 11.2. The predicted molar refractivity (Wildman–Crippen MR) is 112 cm³/mol. The van der Waals surface area contributed by atoms with Crippen molar-refractivity contribution in [2.24, 2.45) is 0 Å². The standard InChI is InChI=1S/C22H25FN2O4S/c1-2-11-25-30(27,28)20-8-3-5-17(14-20)21(26)24-16-22(9-12-29-13-10-22)18-6-4-7-19(23)15-18/h2-8,14-15,25H,1,9-13,16H2,(H,24,26). The van der Waals surface area contributed by atoms with Crippen molar-refractivity contribution in [1.29, 1.82) is 0 Å². The number of benzene rings is 2. The minimum atomic E-state index is -3.73. The highest BCUT2D eigenvalue weighted by molar-refractivity contribution is 7.89. The van der Waals surface area contributed by atoms with Crippen LogP contribution in [0.4, 0.5) is 4.39 Å². The van der Waals surface area contributed by atoms with Crippen molar-refractivity contribution in [2.45, 2.75) is 23.2 Å². The molecule has 0 aromatic heterocycles. The summed E-state index contributed by atoms with van der Waals surface area (Å²) < 4.78 is 46.3. The lowest BCUT2D eigenvalue weighted by molar-refractivity contribution is 0.0486. The smallest absolute Gasteiger partial charge is 0.251 e. The molecule has 0 radical (unpaired) electrons. The highest BCUT2D eigenvalue weighted by Gasteiger charge is 2.35. The van der Waals surface area contributed by atoms with Gasteiger partial charge in [-0.1, -0.05) is 24.3 Å². The van der Waals surface area contributed by atoms with E-state index in [0.29, 0.717) is 32.6 Å². The molecule has 30 heavy (non-hydrogen) atoms. The molecule has 0 aliphatic carbocycles. The Morgan fingerprint density at radius 1 is 1.17 bits per heavy atom. The molecule has 0 unspecified atom stereocenters. The molecule has 0 bridgehead atoms. The van der Waals surface area contributed by atoms with Gasteiger partial charge in [0.2, 0.25) is 10.0 Å². The molecule has 160 valence electrons. The first-order valence-electron chi connectivity index (χ1n) is 9.69. The fourth-order valence-corrected chi connectivity index (χ4v) is 4.60. The maximum absolute atomic E-state index is 13.8. The summed E-state index contributed by atoms with van der Waals surface area (Å²) in [4.78, 5) is 12.8. The van der Waals surface area contributed by atoms with E-state index < -0.39 is 21.3 Å². The Hall–Kier alpha value is -2.55. The van der Waals surface area contributed by atoms with Gasteiger partial charge in [-0.05, 0) is 48.7 Å². The molecule has 1 amide bonds. The van der Waals surface area contributed by atoms with Crippen LogP contribution in [-0.4, -0.2) is 40.6 Å². The molecule has 0 spiro atoms. The molecule has 2 aromatic carbocycles. The minimum absolute atomic E-state index is 0.00269. The molecule has 3 rings (SSSR count). The van der Waals surface area contributed by atoms with E-state index in [4.69, 9.17) is 4.74 Å². The number of carbonyl (C=O) groups is 1. The number of rotatable bonds is 8. The quantitative estimate of drug-likeness (QED) is 0.629. The minimum Gasteiger partial charge on any atom is -0.381 e. The number of sulfonamides is 1. The summed E-state index contributed by atoms with van der Waals surface area (Å²) in [5.74, 6) is -0.715. The molecule has 1 fully saturated rings. The number of ether oxygens (including phenoxy) is 1. The Morgan fingerprint density at radius 2 is 1.90 bits per heavy atom. The van der Waals surface area contributed by atoms with Gasteiger partial charge < -0.3 is 10.1 Å². The topological polar surface area (TPSA) is 84.5 Å². The van der Waals surface area contributed by atoms with E-state index in [1.54, 1.807) is 12.1 Å². The lowest BCUT2D eigenvalue weighted by atomic mass is 9.74. The summed E-state index contributed by atoms with van der Waals surface area (Å²) in [6.07, 6.45) is 2.74. The molecule has 0 atom stereocenters. The lowest BCUT2D eigenvalue weighted by Crippen LogP contribution is -2.44. The van der Waals surface area contributed by atoms with Crippen LogP contribution in [0.5, 0.6) is 0 Å². The summed E-state index contributed by atoms with van der Waals surface area (Å²) in [5.41, 5.74) is 0.611. The van der Waals surface area contributed by atoms with Crippen LogP contribution in [-0.2, 0) is 20.2 Å². The van der Waals surface area contributed by atoms with E-state index >= 15 is 0 Å². The van der Waals surface area contributed by atoms with Gasteiger partial charge in [0, 0.05) is 37.3 Å². The van der Waals surface area contributed by atoms with E-state index in [2.05, 4.69) is 16.6 Å². The maximum atomic E-state index is 13.8. The molecule has 6 nitrogen and oxygen atoms in total. The highest BCUT2D eigenvalue weighted by Crippen LogP contribution is 2.34. The first-order chi connectivity index (χ1) is 14.4. The SMILES string of the molecule is C=CCNS(=O)(=O)c1cccc(C(=O)NCC2(c3cccc(F)c3)CCOCC2)c1. The molecule has 8 heteroatoms. The zero-order valence-corrected chi connectivity index (χ0v) is 17.4. The van der Waals surface area contributed by atoms with Crippen LogP contribution < -0.4 is 10.0 Å². The molecular weight excluding hydrogens is 407 g/mol. The van der Waals surface area contributed by atoms with Crippen LogP contribution >= 0.6 is 0 Å². The van der Waals surface area contributed by atoms with Crippen molar-refractivity contribution in [3.05, 3.63) is 78.1 Å². The zero-order chi connectivity index (χ0) is 21.6. The summed E-state index contributed by atoms with van der Waals surface area (Å²) in [6, 6.07) is 12.2. The van der Waals surface area contributed by atoms with E-state index in [9.17, 15) is 17.6 Å². The second-order valence-electron chi connectivity index (χ2n) is 7.25. The van der Waals surface area contributed by atoms with Gasteiger partial charge >= 0.3 is 0 Å². The van der Waals surface area contributed by atoms with Gasteiger partial charge in [0.1, 0.15) is 5.82 Å². The average molecular weight is 433 g/mol. The Labute approximate surface area is 176 Å². The maximum Gasteiger partial charge on any atom is 0.251 e. The van der Waals surface area contributed by atoms with Gasteiger partial charge in [0.15, 0.2) is 0 Å². The van der Waals surface area contributed by atoms with Gasteiger partial charge in [-0.15, -0.1) is 6.58 Å². The monoisotopic (exact) mass is 432 g/mol. The fourth-order valence-electron chi connectivity index (χ4n) is 3.56. The lowest BCUT2D eigenvalue weighted by Gasteiger charge is -2.38. The fraction of sp³-hybridized carbons (Fsp3) is 0.318. The number of nitrogens with one attached hydrogen (secondary N) is 2. The Morgan fingerprint density at radius 3 is 2.60 bits per heavy atom. The molecule has 1 aliphatic heterocycles. The normalized spacial score (nSPS) is 16.0. The van der Waals surface area contributed by atoms with Crippen molar-refractivity contribution in [2.75, 3.05) is 26.3 Å². The highest BCUT2D eigenvalue weighted by atomic mass is 32.2. The van der Waals surface area contributed by atoms with Gasteiger partial charge in [-0.2, -0.15) is 0 Å². The molecule has 2 aromatic rings. The van der Waals surface area contributed by atoms with E-state index in [-0.39, 0.29) is 22.8 Å². The molecule has 1 heterocycles. The van der Waals surface area contributed by atoms with Crippen molar-refractivity contribution >= 4 is 15.9 Å². The summed E-state index contributed by atoms with van der Waals surface area (Å²) in [6.45, 7) is 4.92. The van der Waals surface area contributed by atoms with Gasteiger partial charge in [-0.3, -0.25) is 4.79 Å². The van der Waals surface area contributed by atoms with E-state index in [1.807, 2.05) is 6.07 Å². The van der Waals surface area contributed by atoms with Crippen LogP contribution in [0, 0.1) is 5.82 Å². The van der Waals surface area contributed by atoms with Crippen LogP contribution in [0.15, 0.2) is 66.1 Å². The van der Waals surface area contributed by atoms with Gasteiger partial charge in [0.05, 0.1) is 4.90 Å².